The molecule has 2 aromatic carbocycles. The van der Waals surface area contributed by atoms with Gasteiger partial charge in [0.2, 0.25) is 5.91 Å². The molecule has 0 fully saturated rings. The number of hydrogen-bond acceptors (Lipinski definition) is 5. The molecule has 0 aromatic heterocycles. The Morgan fingerprint density at radius 1 is 1.00 bits per heavy atom. The molecule has 1 amide bonds. The molecule has 0 aliphatic carbocycles. The Hall–Kier alpha value is -2.73. The van der Waals surface area contributed by atoms with E-state index in [9.17, 15) is 4.79 Å². The van der Waals surface area contributed by atoms with Crippen LogP contribution in [0.4, 0.5) is 0 Å². The van der Waals surface area contributed by atoms with Crippen molar-refractivity contribution in [3.63, 3.8) is 0 Å². The van der Waals surface area contributed by atoms with Gasteiger partial charge in [-0.25, -0.2) is 0 Å². The van der Waals surface area contributed by atoms with Crippen molar-refractivity contribution in [2.45, 2.75) is 25.9 Å². The zero-order valence-corrected chi connectivity index (χ0v) is 17.3. The van der Waals surface area contributed by atoms with Crippen molar-refractivity contribution in [2.24, 2.45) is 0 Å². The van der Waals surface area contributed by atoms with Crippen LogP contribution in [0.2, 0.25) is 0 Å². The Bertz CT molecular complexity index is 779. The lowest BCUT2D eigenvalue weighted by Gasteiger charge is -2.24. The highest BCUT2D eigenvalue weighted by molar-refractivity contribution is 5.81. The molecule has 0 saturated carbocycles. The van der Waals surface area contributed by atoms with Gasteiger partial charge in [-0.1, -0.05) is 24.3 Å². The van der Waals surface area contributed by atoms with E-state index in [0.29, 0.717) is 18.0 Å². The predicted octanol–water partition coefficient (Wildman–Crippen LogP) is 2.89. The first-order valence-electron chi connectivity index (χ1n) is 9.30. The van der Waals surface area contributed by atoms with Crippen molar-refractivity contribution in [2.75, 3.05) is 34.9 Å². The number of amides is 1. The second kappa shape index (κ2) is 10.6. The maximum atomic E-state index is 12.5. The van der Waals surface area contributed by atoms with Crippen molar-refractivity contribution in [3.8, 4) is 17.2 Å². The van der Waals surface area contributed by atoms with Gasteiger partial charge in [0, 0.05) is 13.1 Å². The summed E-state index contributed by atoms with van der Waals surface area (Å²) in [6.45, 7) is 3.10. The van der Waals surface area contributed by atoms with Gasteiger partial charge in [-0.2, -0.15) is 0 Å². The summed E-state index contributed by atoms with van der Waals surface area (Å²) in [6.07, 6.45) is 0.813. The minimum atomic E-state index is -0.241. The van der Waals surface area contributed by atoms with Crippen molar-refractivity contribution in [3.05, 3.63) is 53.6 Å². The number of carbonyl (C=O) groups is 1. The summed E-state index contributed by atoms with van der Waals surface area (Å²) in [5.41, 5.74) is 2.09. The normalized spacial score (nSPS) is 11.8. The highest BCUT2D eigenvalue weighted by Crippen LogP contribution is 2.27. The first-order valence-corrected chi connectivity index (χ1v) is 9.30. The maximum absolute atomic E-state index is 12.5. The molecule has 28 heavy (non-hydrogen) atoms. The summed E-state index contributed by atoms with van der Waals surface area (Å²) in [5.74, 6) is 2.18. The van der Waals surface area contributed by atoms with E-state index in [1.54, 1.807) is 21.3 Å². The van der Waals surface area contributed by atoms with Crippen molar-refractivity contribution >= 4 is 5.91 Å². The number of ether oxygens (including phenoxy) is 3. The molecule has 0 bridgehead atoms. The van der Waals surface area contributed by atoms with Gasteiger partial charge in [-0.15, -0.1) is 0 Å². The summed E-state index contributed by atoms with van der Waals surface area (Å²) in [6, 6.07) is 13.3. The predicted molar refractivity (Wildman–Crippen MR) is 110 cm³/mol. The first-order chi connectivity index (χ1) is 13.5. The van der Waals surface area contributed by atoms with Gasteiger partial charge in [0.15, 0.2) is 11.5 Å². The zero-order chi connectivity index (χ0) is 20.5. The molecule has 0 heterocycles. The third-order valence-corrected chi connectivity index (χ3v) is 4.88. The van der Waals surface area contributed by atoms with Crippen LogP contribution in [-0.4, -0.2) is 51.8 Å². The second-order valence-corrected chi connectivity index (χ2v) is 6.63. The number of methoxy groups -OCH3 is 3. The molecule has 0 spiro atoms. The maximum Gasteiger partial charge on any atom is 0.237 e. The lowest BCUT2D eigenvalue weighted by molar-refractivity contribution is -0.125. The van der Waals surface area contributed by atoms with Crippen LogP contribution in [0.15, 0.2) is 42.5 Å². The van der Waals surface area contributed by atoms with Crippen LogP contribution in [0.5, 0.6) is 17.2 Å². The number of benzene rings is 2. The monoisotopic (exact) mass is 386 g/mol. The van der Waals surface area contributed by atoms with Gasteiger partial charge in [0.05, 0.1) is 27.4 Å². The van der Waals surface area contributed by atoms with Crippen LogP contribution in [0.3, 0.4) is 0 Å². The Kier molecular flexibility index (Phi) is 8.14. The number of nitrogens with zero attached hydrogens (tertiary/aromatic N) is 1. The third-order valence-electron chi connectivity index (χ3n) is 4.88. The zero-order valence-electron chi connectivity index (χ0n) is 17.3. The van der Waals surface area contributed by atoms with E-state index in [-0.39, 0.29) is 11.9 Å². The van der Waals surface area contributed by atoms with Crippen LogP contribution in [0.25, 0.3) is 0 Å². The molecular weight excluding hydrogens is 356 g/mol. The van der Waals surface area contributed by atoms with Crippen LogP contribution >= 0.6 is 0 Å². The minimum absolute atomic E-state index is 0.0164. The van der Waals surface area contributed by atoms with Gasteiger partial charge in [-0.3, -0.25) is 9.69 Å². The average molecular weight is 386 g/mol. The number of nitrogens with one attached hydrogen (secondary N) is 1. The molecular formula is C22H30N2O4. The van der Waals surface area contributed by atoms with E-state index in [1.165, 1.54) is 0 Å². The first kappa shape index (κ1) is 21.6. The lowest BCUT2D eigenvalue weighted by atomic mass is 10.1. The summed E-state index contributed by atoms with van der Waals surface area (Å²) in [5, 5.41) is 2.99. The van der Waals surface area contributed by atoms with E-state index >= 15 is 0 Å². The quantitative estimate of drug-likeness (QED) is 0.680. The summed E-state index contributed by atoms with van der Waals surface area (Å²) >= 11 is 0. The largest absolute Gasteiger partial charge is 0.496 e. The average Bonchev–Trinajstić information content (AvgIpc) is 2.74. The molecule has 1 N–H and O–H groups in total. The van der Waals surface area contributed by atoms with Crippen LogP contribution in [0, 0.1) is 0 Å². The summed E-state index contributed by atoms with van der Waals surface area (Å²) in [4.78, 5) is 14.6. The molecule has 1 unspecified atom stereocenters. The van der Waals surface area contributed by atoms with Crippen molar-refractivity contribution in [1.29, 1.82) is 0 Å². The smallest absolute Gasteiger partial charge is 0.237 e. The van der Waals surface area contributed by atoms with E-state index in [1.807, 2.05) is 55.3 Å². The molecule has 1 atom stereocenters. The molecule has 0 radical (unpaired) electrons. The molecule has 2 rings (SSSR count). The molecule has 0 aliphatic rings. The van der Waals surface area contributed by atoms with E-state index in [4.69, 9.17) is 14.2 Å². The Morgan fingerprint density at radius 3 is 2.36 bits per heavy atom. The number of para-hydroxylation sites is 1. The summed E-state index contributed by atoms with van der Waals surface area (Å²) < 4.78 is 15.9. The molecule has 2 aromatic rings. The van der Waals surface area contributed by atoms with E-state index in [2.05, 4.69) is 11.4 Å². The topological polar surface area (TPSA) is 60.0 Å². The van der Waals surface area contributed by atoms with Crippen LogP contribution < -0.4 is 19.5 Å². The molecule has 6 heteroatoms. The Balaban J connectivity index is 1.87. The number of hydrogen-bond donors (Lipinski definition) is 1. The SMILES string of the molecule is COc1ccccc1CCN(C)C(C)C(=O)NCc1ccc(OC)c(OC)c1. The fourth-order valence-corrected chi connectivity index (χ4v) is 2.93. The van der Waals surface area contributed by atoms with Gasteiger partial charge < -0.3 is 19.5 Å². The standard InChI is InChI=1S/C22H30N2O4/c1-16(24(2)13-12-18-8-6-7-9-19(18)26-3)22(25)23-15-17-10-11-20(27-4)21(14-17)28-5/h6-11,14,16H,12-13,15H2,1-5H3,(H,23,25). The fourth-order valence-electron chi connectivity index (χ4n) is 2.93. The number of carbonyl (C=O) groups excluding carboxylic acids is 1. The van der Waals surface area contributed by atoms with Crippen molar-refractivity contribution < 1.29 is 19.0 Å². The third kappa shape index (κ3) is 5.63. The summed E-state index contributed by atoms with van der Waals surface area (Å²) in [7, 11) is 6.82. The fraction of sp³-hybridized carbons (Fsp3) is 0.409. The van der Waals surface area contributed by atoms with E-state index in [0.717, 1.165) is 29.8 Å². The highest BCUT2D eigenvalue weighted by atomic mass is 16.5. The highest BCUT2D eigenvalue weighted by Gasteiger charge is 2.18. The number of rotatable bonds is 10. The van der Waals surface area contributed by atoms with Gasteiger partial charge in [0.25, 0.3) is 0 Å². The minimum Gasteiger partial charge on any atom is -0.496 e. The van der Waals surface area contributed by atoms with Gasteiger partial charge >= 0.3 is 0 Å². The van der Waals surface area contributed by atoms with Gasteiger partial charge in [-0.05, 0) is 49.7 Å². The number of likely N-dealkylation sites (N-methyl/N-ethyl adjacent to an activating group) is 1. The Labute approximate surface area is 167 Å². The van der Waals surface area contributed by atoms with Crippen LogP contribution in [0.1, 0.15) is 18.1 Å². The molecule has 0 saturated heterocycles. The van der Waals surface area contributed by atoms with Crippen LogP contribution in [-0.2, 0) is 17.8 Å². The van der Waals surface area contributed by atoms with Crippen molar-refractivity contribution in [1.82, 2.24) is 10.2 Å². The second-order valence-electron chi connectivity index (χ2n) is 6.63. The van der Waals surface area contributed by atoms with Gasteiger partial charge in [0.1, 0.15) is 5.75 Å². The van der Waals surface area contributed by atoms with E-state index < -0.39 is 0 Å². The molecule has 6 nitrogen and oxygen atoms in total. The lowest BCUT2D eigenvalue weighted by Crippen LogP contribution is -2.43. The molecule has 152 valence electrons. The molecule has 0 aliphatic heterocycles. The Morgan fingerprint density at radius 2 is 1.68 bits per heavy atom.